The van der Waals surface area contributed by atoms with Crippen LogP contribution in [0.25, 0.3) is 11.2 Å². The van der Waals surface area contributed by atoms with Crippen molar-refractivity contribution in [2.24, 2.45) is 0 Å². The summed E-state index contributed by atoms with van der Waals surface area (Å²) >= 11 is 0. The van der Waals surface area contributed by atoms with Gasteiger partial charge in [-0.25, -0.2) is 4.98 Å². The molecule has 0 bridgehead atoms. The van der Waals surface area contributed by atoms with E-state index in [2.05, 4.69) is 15.0 Å². The number of anilines is 1. The number of imidazole rings is 1. The summed E-state index contributed by atoms with van der Waals surface area (Å²) in [6, 6.07) is 0. The summed E-state index contributed by atoms with van der Waals surface area (Å²) in [5.41, 5.74) is 5.74. The van der Waals surface area contributed by atoms with E-state index >= 15 is 0 Å². The summed E-state index contributed by atoms with van der Waals surface area (Å²) in [7, 11) is 0. The van der Waals surface area contributed by atoms with Gasteiger partial charge in [-0.2, -0.15) is 4.98 Å². The predicted molar refractivity (Wildman–Crippen MR) is 62.5 cm³/mol. The van der Waals surface area contributed by atoms with Crippen LogP contribution in [0.5, 0.6) is 0 Å². The second-order valence-corrected chi connectivity index (χ2v) is 4.06. The number of ether oxygens (including phenoxy) is 1. The SMILES string of the molecule is Nc1nc2c(ncn2[C@H]2C[CH][C@H](CO)O2)c(=O)[nH]1. The molecule has 0 saturated carbocycles. The number of hydrogen-bond donors (Lipinski definition) is 3. The molecule has 0 aromatic carbocycles. The summed E-state index contributed by atoms with van der Waals surface area (Å²) in [6.45, 7) is -0.0702. The first-order valence-corrected chi connectivity index (χ1v) is 5.51. The summed E-state index contributed by atoms with van der Waals surface area (Å²) in [5, 5.41) is 9.01. The van der Waals surface area contributed by atoms with Crippen LogP contribution in [0.3, 0.4) is 0 Å². The van der Waals surface area contributed by atoms with Crippen LogP contribution in [0.1, 0.15) is 12.6 Å². The standard InChI is InChI=1S/C10H12N5O3/c11-10-13-8-7(9(17)14-10)12-4-15(8)6-2-1-5(3-16)18-6/h1,4-6,16H,2-3H2,(H3,11,13,14,17)/t5-,6-/m1/s1. The molecular weight excluding hydrogens is 238 g/mol. The molecule has 1 radical (unpaired) electrons. The third-order valence-corrected chi connectivity index (χ3v) is 2.87. The first-order chi connectivity index (χ1) is 8.69. The van der Waals surface area contributed by atoms with Crippen molar-refractivity contribution < 1.29 is 9.84 Å². The lowest BCUT2D eigenvalue weighted by Crippen LogP contribution is -2.16. The van der Waals surface area contributed by atoms with Gasteiger partial charge in [0.25, 0.3) is 5.56 Å². The fraction of sp³-hybridized carbons (Fsp3) is 0.400. The van der Waals surface area contributed by atoms with E-state index in [1.54, 1.807) is 4.57 Å². The molecule has 2 aromatic rings. The van der Waals surface area contributed by atoms with Crippen LogP contribution >= 0.6 is 0 Å². The van der Waals surface area contributed by atoms with E-state index < -0.39 is 0 Å². The van der Waals surface area contributed by atoms with Crippen molar-refractivity contribution in [2.45, 2.75) is 18.8 Å². The average molecular weight is 250 g/mol. The number of nitrogens with zero attached hydrogens (tertiary/aromatic N) is 3. The van der Waals surface area contributed by atoms with Crippen molar-refractivity contribution in [3.05, 3.63) is 23.1 Å². The van der Waals surface area contributed by atoms with Crippen LogP contribution in [0.4, 0.5) is 5.95 Å². The van der Waals surface area contributed by atoms with E-state index in [9.17, 15) is 4.79 Å². The Kier molecular flexibility index (Phi) is 2.53. The van der Waals surface area contributed by atoms with Gasteiger partial charge in [0, 0.05) is 0 Å². The van der Waals surface area contributed by atoms with Crippen LogP contribution in [-0.4, -0.2) is 37.3 Å². The third-order valence-electron chi connectivity index (χ3n) is 2.87. The fourth-order valence-electron chi connectivity index (χ4n) is 2.03. The first-order valence-electron chi connectivity index (χ1n) is 5.51. The predicted octanol–water partition coefficient (Wildman–Crippen LogP) is -0.814. The van der Waals surface area contributed by atoms with E-state index in [4.69, 9.17) is 15.6 Å². The summed E-state index contributed by atoms with van der Waals surface area (Å²) in [4.78, 5) is 22.0. The maximum Gasteiger partial charge on any atom is 0.280 e. The van der Waals surface area contributed by atoms with Crippen molar-refractivity contribution in [3.63, 3.8) is 0 Å². The van der Waals surface area contributed by atoms with E-state index in [1.165, 1.54) is 6.33 Å². The molecule has 1 saturated heterocycles. The fourth-order valence-corrected chi connectivity index (χ4v) is 2.03. The number of aromatic nitrogens is 4. The van der Waals surface area contributed by atoms with Gasteiger partial charge < -0.3 is 15.6 Å². The second-order valence-electron chi connectivity index (χ2n) is 4.06. The highest BCUT2D eigenvalue weighted by molar-refractivity contribution is 5.70. The maximum absolute atomic E-state index is 11.6. The number of aromatic amines is 1. The Morgan fingerprint density at radius 2 is 2.50 bits per heavy atom. The Morgan fingerprint density at radius 3 is 3.22 bits per heavy atom. The average Bonchev–Trinajstić information content (AvgIpc) is 2.93. The Bertz CT molecular complexity index is 634. The summed E-state index contributed by atoms with van der Waals surface area (Å²) in [5.74, 6) is 0.0370. The quantitative estimate of drug-likeness (QED) is 0.641. The monoisotopic (exact) mass is 250 g/mol. The van der Waals surface area contributed by atoms with Crippen molar-refractivity contribution >= 4 is 17.1 Å². The molecule has 8 heteroatoms. The van der Waals surface area contributed by atoms with E-state index in [1.807, 2.05) is 6.42 Å². The number of nitrogen functional groups attached to an aromatic ring is 1. The minimum absolute atomic E-state index is 0.0370. The van der Waals surface area contributed by atoms with E-state index in [-0.39, 0.29) is 36.0 Å². The van der Waals surface area contributed by atoms with Gasteiger partial charge in [0.2, 0.25) is 5.95 Å². The zero-order valence-electron chi connectivity index (χ0n) is 9.41. The number of hydrogen-bond acceptors (Lipinski definition) is 6. The van der Waals surface area contributed by atoms with Crippen molar-refractivity contribution in [2.75, 3.05) is 12.3 Å². The zero-order chi connectivity index (χ0) is 12.7. The molecule has 18 heavy (non-hydrogen) atoms. The molecule has 0 unspecified atom stereocenters. The van der Waals surface area contributed by atoms with Crippen LogP contribution in [0.15, 0.2) is 11.1 Å². The van der Waals surface area contributed by atoms with Gasteiger partial charge in [0.1, 0.15) is 6.23 Å². The Balaban J connectivity index is 2.05. The van der Waals surface area contributed by atoms with Gasteiger partial charge in [0.15, 0.2) is 11.2 Å². The first kappa shape index (κ1) is 11.2. The maximum atomic E-state index is 11.6. The Morgan fingerprint density at radius 1 is 1.67 bits per heavy atom. The summed E-state index contributed by atoms with van der Waals surface area (Å²) in [6.07, 6.45) is 3.36. The lowest BCUT2D eigenvalue weighted by molar-refractivity contribution is -0.0152. The molecule has 4 N–H and O–H groups in total. The number of fused-ring (bicyclic) bond motifs is 1. The number of nitrogens with two attached hydrogens (primary N) is 1. The molecule has 95 valence electrons. The molecule has 2 aromatic heterocycles. The largest absolute Gasteiger partial charge is 0.394 e. The molecule has 1 aliphatic rings. The van der Waals surface area contributed by atoms with Crippen molar-refractivity contribution in [1.29, 1.82) is 0 Å². The van der Waals surface area contributed by atoms with Gasteiger partial charge in [-0.15, -0.1) is 0 Å². The summed E-state index contributed by atoms with van der Waals surface area (Å²) < 4.78 is 7.21. The molecule has 1 aliphatic heterocycles. The zero-order valence-corrected chi connectivity index (χ0v) is 9.41. The van der Waals surface area contributed by atoms with Gasteiger partial charge in [-0.05, 0) is 12.8 Å². The molecule has 2 atom stereocenters. The minimum atomic E-state index is -0.378. The van der Waals surface area contributed by atoms with Crippen LogP contribution in [0.2, 0.25) is 0 Å². The van der Waals surface area contributed by atoms with Crippen molar-refractivity contribution in [3.8, 4) is 0 Å². The molecule has 0 aliphatic carbocycles. The second kappa shape index (κ2) is 4.07. The highest BCUT2D eigenvalue weighted by atomic mass is 16.5. The van der Waals surface area contributed by atoms with Gasteiger partial charge in [-0.3, -0.25) is 14.3 Å². The van der Waals surface area contributed by atoms with Gasteiger partial charge in [0.05, 0.1) is 19.0 Å². The number of nitrogens with one attached hydrogen (secondary N) is 1. The Labute approximate surface area is 101 Å². The smallest absolute Gasteiger partial charge is 0.280 e. The number of aliphatic hydroxyl groups is 1. The van der Waals surface area contributed by atoms with Gasteiger partial charge >= 0.3 is 0 Å². The van der Waals surface area contributed by atoms with Crippen LogP contribution in [0, 0.1) is 6.42 Å². The van der Waals surface area contributed by atoms with E-state index in [0.717, 1.165) is 0 Å². The lowest BCUT2D eigenvalue weighted by atomic mass is 10.2. The molecule has 3 heterocycles. The highest BCUT2D eigenvalue weighted by Crippen LogP contribution is 2.28. The van der Waals surface area contributed by atoms with Crippen LogP contribution < -0.4 is 11.3 Å². The topological polar surface area (TPSA) is 119 Å². The highest BCUT2D eigenvalue weighted by Gasteiger charge is 2.28. The number of aliphatic hydroxyl groups excluding tert-OH is 1. The number of rotatable bonds is 2. The molecule has 8 nitrogen and oxygen atoms in total. The molecule has 0 spiro atoms. The molecule has 1 fully saturated rings. The molecule has 3 rings (SSSR count). The normalized spacial score (nSPS) is 23.8. The molecular formula is C10H12N5O3. The van der Waals surface area contributed by atoms with Crippen LogP contribution in [-0.2, 0) is 4.74 Å². The minimum Gasteiger partial charge on any atom is -0.394 e. The van der Waals surface area contributed by atoms with Gasteiger partial charge in [-0.1, -0.05) is 0 Å². The number of H-pyrrole nitrogens is 1. The van der Waals surface area contributed by atoms with Crippen molar-refractivity contribution in [1.82, 2.24) is 19.5 Å². The molecule has 0 amide bonds. The van der Waals surface area contributed by atoms with E-state index in [0.29, 0.717) is 12.1 Å². The lowest BCUT2D eigenvalue weighted by Gasteiger charge is -2.13. The third kappa shape index (κ3) is 1.66. The Hall–Kier alpha value is -1.93.